The molecule has 2 bridgehead atoms. The fourth-order valence-electron chi connectivity index (χ4n) is 6.38. The summed E-state index contributed by atoms with van der Waals surface area (Å²) in [5.41, 5.74) is 6.59. The minimum absolute atomic E-state index is 0.428. The van der Waals surface area contributed by atoms with Crippen molar-refractivity contribution in [1.29, 1.82) is 5.26 Å². The number of hydrogen-bond donors (Lipinski definition) is 1. The molecule has 2 unspecified atom stereocenters. The molecule has 1 aromatic heterocycles. The summed E-state index contributed by atoms with van der Waals surface area (Å²) < 4.78 is 0. The Bertz CT molecular complexity index is 1040. The molecular formula is C30H42N4. The molecule has 34 heavy (non-hydrogen) atoms. The number of hydrogen-bond acceptors (Lipinski definition) is 3. The molecule has 1 N–H and O–H groups in total. The second-order valence-corrected chi connectivity index (χ2v) is 11.1. The summed E-state index contributed by atoms with van der Waals surface area (Å²) in [6, 6.07) is 12.3. The van der Waals surface area contributed by atoms with E-state index in [1.165, 1.54) is 68.5 Å². The Labute approximate surface area is 206 Å². The number of allylic oxidation sites excluding steroid dienone is 1. The van der Waals surface area contributed by atoms with Gasteiger partial charge in [0.25, 0.3) is 0 Å². The summed E-state index contributed by atoms with van der Waals surface area (Å²) in [4.78, 5) is 2.24. The number of anilines is 1. The van der Waals surface area contributed by atoms with Crippen molar-refractivity contribution in [2.75, 3.05) is 11.4 Å². The first-order chi connectivity index (χ1) is 16.4. The molecule has 2 aromatic rings. The third kappa shape index (κ3) is 4.81. The Balaban J connectivity index is 0.000000165. The summed E-state index contributed by atoms with van der Waals surface area (Å²) >= 11 is 0. The number of nitriles is 1. The molecule has 182 valence electrons. The molecule has 3 aliphatic rings. The highest BCUT2D eigenvalue weighted by atomic mass is 15.1. The van der Waals surface area contributed by atoms with E-state index in [2.05, 4.69) is 67.6 Å². The summed E-state index contributed by atoms with van der Waals surface area (Å²) in [6.07, 6.45) is 11.8. The van der Waals surface area contributed by atoms with Crippen LogP contribution in [0.5, 0.6) is 0 Å². The van der Waals surface area contributed by atoms with E-state index >= 15 is 0 Å². The molecule has 3 aliphatic carbocycles. The van der Waals surface area contributed by atoms with Crippen LogP contribution in [0, 0.1) is 28.6 Å². The fraction of sp³-hybridized carbons (Fsp3) is 0.600. The molecule has 0 spiro atoms. The lowest BCUT2D eigenvalue weighted by Crippen LogP contribution is -2.23. The Morgan fingerprint density at radius 2 is 1.97 bits per heavy atom. The Hall–Kier alpha value is -2.54. The average molecular weight is 459 g/mol. The number of nitrogens with zero attached hydrogens (tertiary/aromatic N) is 3. The third-order valence-corrected chi connectivity index (χ3v) is 8.95. The van der Waals surface area contributed by atoms with Crippen molar-refractivity contribution in [3.8, 4) is 6.07 Å². The Kier molecular flexibility index (Phi) is 7.22. The first-order valence-corrected chi connectivity index (χ1v) is 13.4. The minimum Gasteiger partial charge on any atom is -0.346 e. The van der Waals surface area contributed by atoms with Gasteiger partial charge in [-0.3, -0.25) is 5.10 Å². The van der Waals surface area contributed by atoms with E-state index < -0.39 is 0 Å². The van der Waals surface area contributed by atoms with Crippen LogP contribution >= 0.6 is 0 Å². The maximum absolute atomic E-state index is 9.01. The molecule has 3 saturated carbocycles. The van der Waals surface area contributed by atoms with Crippen LogP contribution in [-0.2, 0) is 11.8 Å². The maximum Gasteiger partial charge on any atom is 0.0992 e. The topological polar surface area (TPSA) is 55.7 Å². The summed E-state index contributed by atoms with van der Waals surface area (Å²) in [7, 11) is 0. The third-order valence-electron chi connectivity index (χ3n) is 8.95. The van der Waals surface area contributed by atoms with Crippen LogP contribution in [-0.4, -0.2) is 16.7 Å². The Morgan fingerprint density at radius 1 is 1.21 bits per heavy atom. The minimum atomic E-state index is 0.428. The van der Waals surface area contributed by atoms with Crippen molar-refractivity contribution in [3.05, 3.63) is 59.6 Å². The van der Waals surface area contributed by atoms with E-state index in [0.29, 0.717) is 22.3 Å². The van der Waals surface area contributed by atoms with Gasteiger partial charge in [0.05, 0.1) is 17.3 Å². The number of aromatic amines is 1. The van der Waals surface area contributed by atoms with Gasteiger partial charge < -0.3 is 4.90 Å². The predicted molar refractivity (Wildman–Crippen MR) is 141 cm³/mol. The predicted octanol–water partition coefficient (Wildman–Crippen LogP) is 7.53. The van der Waals surface area contributed by atoms with Crippen molar-refractivity contribution in [2.45, 2.75) is 90.9 Å². The number of benzene rings is 1. The number of aryl methyl sites for hydroxylation is 1. The van der Waals surface area contributed by atoms with E-state index in [9.17, 15) is 0 Å². The number of H-pyrrole nitrogens is 1. The summed E-state index contributed by atoms with van der Waals surface area (Å²) in [6.45, 7) is 14.1. The van der Waals surface area contributed by atoms with Crippen LogP contribution in [0.25, 0.3) is 0 Å². The van der Waals surface area contributed by atoms with Gasteiger partial charge in [-0.25, -0.2) is 0 Å². The molecule has 0 aliphatic heterocycles. The van der Waals surface area contributed by atoms with Crippen molar-refractivity contribution in [2.24, 2.45) is 17.3 Å². The van der Waals surface area contributed by atoms with Crippen molar-refractivity contribution >= 4 is 5.69 Å². The summed E-state index contributed by atoms with van der Waals surface area (Å²) in [5.74, 6) is 1.60. The zero-order valence-corrected chi connectivity index (χ0v) is 21.7. The van der Waals surface area contributed by atoms with Crippen LogP contribution in [0.4, 0.5) is 5.69 Å². The first-order valence-electron chi connectivity index (χ1n) is 13.4. The standard InChI is InChI=1S/C17H22N2.C13H20N2/c1-5-17(4)11-16(17)13(3)19(6-2)15-9-7-8-14(10-15)12-18;1-2-3-11-8-12(15-14-11)13-6-4-10(9-13)5-7-13/h7-10,16H,3,5-6,11H2,1-2,4H3;8,10H,2-7,9H2,1H3,(H,14,15). The molecular weight excluding hydrogens is 416 g/mol. The van der Waals surface area contributed by atoms with E-state index in [4.69, 9.17) is 5.26 Å². The van der Waals surface area contributed by atoms with Gasteiger partial charge in [-0.1, -0.05) is 46.3 Å². The molecule has 4 heteroatoms. The molecule has 0 saturated heterocycles. The molecule has 4 nitrogen and oxygen atoms in total. The van der Waals surface area contributed by atoms with Crippen LogP contribution < -0.4 is 4.90 Å². The number of rotatable bonds is 8. The van der Waals surface area contributed by atoms with Gasteiger partial charge in [0.15, 0.2) is 0 Å². The molecule has 0 radical (unpaired) electrons. The fourth-order valence-corrected chi connectivity index (χ4v) is 6.38. The van der Waals surface area contributed by atoms with Crippen molar-refractivity contribution in [1.82, 2.24) is 10.2 Å². The average Bonchev–Trinajstić information content (AvgIpc) is 3.27. The highest BCUT2D eigenvalue weighted by Gasteiger charge is 2.51. The summed E-state index contributed by atoms with van der Waals surface area (Å²) in [5, 5.41) is 16.8. The lowest BCUT2D eigenvalue weighted by molar-refractivity contribution is 0.408. The van der Waals surface area contributed by atoms with E-state index in [1.807, 2.05) is 18.2 Å². The van der Waals surface area contributed by atoms with Crippen molar-refractivity contribution < 1.29 is 0 Å². The Morgan fingerprint density at radius 3 is 2.53 bits per heavy atom. The van der Waals surface area contributed by atoms with Crippen LogP contribution in [0.3, 0.4) is 0 Å². The monoisotopic (exact) mass is 458 g/mol. The SMILES string of the molecule is C=C(C1CC1(C)CC)N(CC)c1cccc(C#N)c1.CCCc1cc(C23CCC(CC2)C3)n[nH]1. The van der Waals surface area contributed by atoms with Crippen LogP contribution in [0.2, 0.25) is 0 Å². The molecule has 0 amide bonds. The van der Waals surface area contributed by atoms with E-state index in [-0.39, 0.29) is 0 Å². The number of nitrogens with one attached hydrogen (secondary N) is 1. The zero-order valence-electron chi connectivity index (χ0n) is 21.7. The molecule has 1 heterocycles. The number of aromatic nitrogens is 2. The smallest absolute Gasteiger partial charge is 0.0992 e. The van der Waals surface area contributed by atoms with Gasteiger partial charge in [0.1, 0.15) is 0 Å². The largest absolute Gasteiger partial charge is 0.346 e. The van der Waals surface area contributed by atoms with E-state index in [1.54, 1.807) is 0 Å². The zero-order chi connectivity index (χ0) is 24.3. The van der Waals surface area contributed by atoms with Gasteiger partial charge in [-0.05, 0) is 87.5 Å². The van der Waals surface area contributed by atoms with Gasteiger partial charge >= 0.3 is 0 Å². The van der Waals surface area contributed by atoms with Crippen LogP contribution in [0.1, 0.15) is 96.0 Å². The van der Waals surface area contributed by atoms with Gasteiger partial charge in [-0.15, -0.1) is 0 Å². The molecule has 1 aromatic carbocycles. The number of fused-ring (bicyclic) bond motifs is 2. The molecule has 5 rings (SSSR count). The van der Waals surface area contributed by atoms with Gasteiger partial charge in [0.2, 0.25) is 0 Å². The first kappa shape index (κ1) is 24.6. The van der Waals surface area contributed by atoms with Crippen LogP contribution in [0.15, 0.2) is 42.6 Å². The normalized spacial score (nSPS) is 28.7. The van der Waals surface area contributed by atoms with E-state index in [0.717, 1.165) is 24.6 Å². The van der Waals surface area contributed by atoms with Gasteiger partial charge in [0, 0.05) is 35.0 Å². The van der Waals surface area contributed by atoms with Crippen molar-refractivity contribution in [3.63, 3.8) is 0 Å². The highest BCUT2D eigenvalue weighted by Crippen LogP contribution is 2.59. The quantitative estimate of drug-likeness (QED) is 0.445. The second kappa shape index (κ2) is 9.98. The lowest BCUT2D eigenvalue weighted by Gasteiger charge is -2.27. The molecule has 3 fully saturated rings. The second-order valence-electron chi connectivity index (χ2n) is 11.1. The molecule has 2 atom stereocenters. The maximum atomic E-state index is 9.01. The lowest BCUT2D eigenvalue weighted by atomic mass is 9.81. The highest BCUT2D eigenvalue weighted by molar-refractivity contribution is 5.56. The van der Waals surface area contributed by atoms with Gasteiger partial charge in [-0.2, -0.15) is 10.4 Å².